The maximum atomic E-state index is 11.2. The second-order valence-electron chi connectivity index (χ2n) is 5.51. The fourth-order valence-corrected chi connectivity index (χ4v) is 2.68. The Balaban J connectivity index is 1.66. The number of H-pyrrole nitrogens is 1. The molecule has 0 saturated heterocycles. The van der Waals surface area contributed by atoms with E-state index >= 15 is 0 Å². The zero-order valence-corrected chi connectivity index (χ0v) is 15.8. The molecule has 0 aliphatic rings. The van der Waals surface area contributed by atoms with E-state index in [1.54, 1.807) is 31.3 Å². The molecule has 0 unspecified atom stereocenters. The van der Waals surface area contributed by atoms with Gasteiger partial charge < -0.3 is 4.74 Å². The SMILES string of the molecule is Cc1n[nH]c(=O)nc1N/N=C\c1cccc(OCc2c(Cl)cccc2Cl)c1. The van der Waals surface area contributed by atoms with Crippen LogP contribution < -0.4 is 15.9 Å². The van der Waals surface area contributed by atoms with E-state index in [2.05, 4.69) is 25.7 Å². The maximum absolute atomic E-state index is 11.2. The molecule has 0 fully saturated rings. The molecule has 0 spiro atoms. The summed E-state index contributed by atoms with van der Waals surface area (Å²) in [4.78, 5) is 15.0. The number of hydrazone groups is 1. The van der Waals surface area contributed by atoms with Gasteiger partial charge in [0.15, 0.2) is 5.82 Å². The summed E-state index contributed by atoms with van der Waals surface area (Å²) in [5, 5.41) is 11.2. The standard InChI is InChI=1S/C18H15Cl2N5O2/c1-11-17(22-18(26)25-23-11)24-21-9-12-4-2-5-13(8-12)27-10-14-15(19)6-3-7-16(14)20/h2-9H,10H2,1H3,(H2,22,24,25,26)/b21-9-. The molecule has 138 valence electrons. The van der Waals surface area contributed by atoms with Crippen LogP contribution in [0.1, 0.15) is 16.8 Å². The zero-order valence-electron chi connectivity index (χ0n) is 14.2. The molecule has 0 amide bonds. The average molecular weight is 404 g/mol. The van der Waals surface area contributed by atoms with Gasteiger partial charge in [-0.25, -0.2) is 9.89 Å². The number of nitrogens with one attached hydrogen (secondary N) is 2. The fourth-order valence-electron chi connectivity index (χ4n) is 2.18. The van der Waals surface area contributed by atoms with Gasteiger partial charge in [-0.3, -0.25) is 5.43 Å². The summed E-state index contributed by atoms with van der Waals surface area (Å²) in [5.74, 6) is 0.929. The van der Waals surface area contributed by atoms with Crippen LogP contribution in [0.3, 0.4) is 0 Å². The summed E-state index contributed by atoms with van der Waals surface area (Å²) in [6, 6.07) is 12.6. The number of benzene rings is 2. The molecular weight excluding hydrogens is 389 g/mol. The third-order valence-electron chi connectivity index (χ3n) is 3.56. The lowest BCUT2D eigenvalue weighted by Gasteiger charge is -2.09. The van der Waals surface area contributed by atoms with Crippen LogP contribution in [0, 0.1) is 6.92 Å². The largest absolute Gasteiger partial charge is 0.489 e. The predicted molar refractivity (Wildman–Crippen MR) is 106 cm³/mol. The van der Waals surface area contributed by atoms with Crippen molar-refractivity contribution in [3.05, 3.63) is 79.8 Å². The van der Waals surface area contributed by atoms with Gasteiger partial charge in [-0.2, -0.15) is 15.2 Å². The molecule has 7 nitrogen and oxygen atoms in total. The average Bonchev–Trinajstić information content (AvgIpc) is 2.64. The van der Waals surface area contributed by atoms with Crippen molar-refractivity contribution in [2.75, 3.05) is 5.43 Å². The maximum Gasteiger partial charge on any atom is 0.363 e. The zero-order chi connectivity index (χ0) is 19.2. The molecule has 2 N–H and O–H groups in total. The first kappa shape index (κ1) is 18.9. The Bertz CT molecular complexity index is 1020. The lowest BCUT2D eigenvalue weighted by atomic mass is 10.2. The lowest BCUT2D eigenvalue weighted by Crippen LogP contribution is -2.15. The molecule has 0 atom stereocenters. The molecular formula is C18H15Cl2N5O2. The van der Waals surface area contributed by atoms with E-state index in [0.717, 1.165) is 11.1 Å². The van der Waals surface area contributed by atoms with Gasteiger partial charge in [-0.1, -0.05) is 41.4 Å². The summed E-state index contributed by atoms with van der Waals surface area (Å²) in [6.07, 6.45) is 1.58. The molecule has 2 aromatic carbocycles. The second-order valence-corrected chi connectivity index (χ2v) is 6.32. The third kappa shape index (κ3) is 5.06. The van der Waals surface area contributed by atoms with Crippen LogP contribution in [0.4, 0.5) is 5.82 Å². The van der Waals surface area contributed by atoms with Crippen molar-refractivity contribution in [3.63, 3.8) is 0 Å². The van der Waals surface area contributed by atoms with E-state index in [1.807, 2.05) is 24.3 Å². The number of nitrogens with zero attached hydrogens (tertiary/aromatic N) is 3. The molecule has 1 aromatic heterocycles. The first-order valence-electron chi connectivity index (χ1n) is 7.91. The number of aromatic amines is 1. The first-order chi connectivity index (χ1) is 13.0. The minimum absolute atomic E-state index is 0.249. The number of aromatic nitrogens is 3. The summed E-state index contributed by atoms with van der Waals surface area (Å²) >= 11 is 12.3. The first-order valence-corrected chi connectivity index (χ1v) is 8.66. The van der Waals surface area contributed by atoms with Gasteiger partial charge in [0.2, 0.25) is 0 Å². The van der Waals surface area contributed by atoms with Gasteiger partial charge in [0, 0.05) is 15.6 Å². The van der Waals surface area contributed by atoms with Crippen LogP contribution in [-0.2, 0) is 6.61 Å². The predicted octanol–water partition coefficient (Wildman–Crippen LogP) is 3.81. The Labute approximate surface area is 165 Å². The van der Waals surface area contributed by atoms with Gasteiger partial charge in [-0.05, 0) is 36.8 Å². The molecule has 0 aliphatic carbocycles. The van der Waals surface area contributed by atoms with E-state index in [-0.39, 0.29) is 12.4 Å². The molecule has 0 radical (unpaired) electrons. The molecule has 3 aromatic rings. The summed E-state index contributed by atoms with van der Waals surface area (Å²) in [6.45, 7) is 1.95. The highest BCUT2D eigenvalue weighted by Crippen LogP contribution is 2.26. The smallest absolute Gasteiger partial charge is 0.363 e. The Morgan fingerprint density at radius 2 is 1.96 bits per heavy atom. The number of aryl methyl sites for hydroxylation is 1. The number of anilines is 1. The van der Waals surface area contributed by atoms with Crippen LogP contribution >= 0.6 is 23.2 Å². The Hall–Kier alpha value is -2.90. The number of rotatable bonds is 6. The van der Waals surface area contributed by atoms with Gasteiger partial charge in [0.05, 0.1) is 6.21 Å². The van der Waals surface area contributed by atoms with Crippen LogP contribution in [0.15, 0.2) is 52.4 Å². The van der Waals surface area contributed by atoms with Gasteiger partial charge in [0.25, 0.3) is 0 Å². The minimum atomic E-state index is -0.549. The van der Waals surface area contributed by atoms with Crippen molar-refractivity contribution < 1.29 is 4.74 Å². The Morgan fingerprint density at radius 1 is 1.22 bits per heavy atom. The van der Waals surface area contributed by atoms with Crippen LogP contribution in [0.25, 0.3) is 0 Å². The number of halogens is 2. The van der Waals surface area contributed by atoms with Gasteiger partial charge in [-0.15, -0.1) is 0 Å². The highest BCUT2D eigenvalue weighted by Gasteiger charge is 2.06. The molecule has 9 heteroatoms. The van der Waals surface area contributed by atoms with Gasteiger partial charge in [0.1, 0.15) is 18.1 Å². The molecule has 27 heavy (non-hydrogen) atoms. The Morgan fingerprint density at radius 3 is 2.74 bits per heavy atom. The molecule has 0 saturated carbocycles. The van der Waals surface area contributed by atoms with Crippen LogP contribution in [0.5, 0.6) is 5.75 Å². The minimum Gasteiger partial charge on any atom is -0.489 e. The second kappa shape index (κ2) is 8.66. The van der Waals surface area contributed by atoms with Crippen LogP contribution in [-0.4, -0.2) is 21.4 Å². The van der Waals surface area contributed by atoms with Crippen molar-refractivity contribution in [1.82, 2.24) is 15.2 Å². The third-order valence-corrected chi connectivity index (χ3v) is 4.27. The van der Waals surface area contributed by atoms with E-state index in [1.165, 1.54) is 0 Å². The highest BCUT2D eigenvalue weighted by molar-refractivity contribution is 6.35. The Kier molecular flexibility index (Phi) is 6.05. The monoisotopic (exact) mass is 403 g/mol. The van der Waals surface area contributed by atoms with Crippen molar-refractivity contribution in [1.29, 1.82) is 0 Å². The van der Waals surface area contributed by atoms with Crippen molar-refractivity contribution >= 4 is 35.2 Å². The summed E-state index contributed by atoms with van der Waals surface area (Å²) in [5.41, 5.74) is 4.19. The van der Waals surface area contributed by atoms with E-state index < -0.39 is 5.69 Å². The highest BCUT2D eigenvalue weighted by atomic mass is 35.5. The molecule has 0 bridgehead atoms. The number of hydrogen-bond acceptors (Lipinski definition) is 6. The normalized spacial score (nSPS) is 10.9. The topological polar surface area (TPSA) is 92.3 Å². The van der Waals surface area contributed by atoms with Crippen molar-refractivity contribution in [2.24, 2.45) is 5.10 Å². The van der Waals surface area contributed by atoms with Crippen molar-refractivity contribution in [2.45, 2.75) is 13.5 Å². The fraction of sp³-hybridized carbons (Fsp3) is 0.111. The van der Waals surface area contributed by atoms with E-state index in [4.69, 9.17) is 27.9 Å². The van der Waals surface area contributed by atoms with Gasteiger partial charge >= 0.3 is 5.69 Å². The summed E-state index contributed by atoms with van der Waals surface area (Å²) < 4.78 is 5.78. The summed E-state index contributed by atoms with van der Waals surface area (Å²) in [7, 11) is 0. The van der Waals surface area contributed by atoms with E-state index in [9.17, 15) is 4.79 Å². The molecule has 0 aliphatic heterocycles. The molecule has 3 rings (SSSR count). The quantitative estimate of drug-likeness (QED) is 0.482. The lowest BCUT2D eigenvalue weighted by molar-refractivity contribution is 0.306. The van der Waals surface area contributed by atoms with Crippen LogP contribution in [0.2, 0.25) is 10.0 Å². The van der Waals surface area contributed by atoms with E-state index in [0.29, 0.717) is 21.5 Å². The number of hydrogen-bond donors (Lipinski definition) is 2. The number of ether oxygens (including phenoxy) is 1. The van der Waals surface area contributed by atoms with Crippen molar-refractivity contribution in [3.8, 4) is 5.75 Å². The molecule has 1 heterocycles.